The largest absolute Gasteiger partial charge is 0.493 e. The zero-order valence-corrected chi connectivity index (χ0v) is 17.6. The first kappa shape index (κ1) is 20.3. The van der Waals surface area contributed by atoms with E-state index in [1.807, 2.05) is 12.1 Å². The van der Waals surface area contributed by atoms with Crippen LogP contribution in [0.25, 0.3) is 0 Å². The SMILES string of the molecule is COc1ccc2c(c1OC)C(=O)N1[C@@H](C(=O)NCCCN3CCOCC3)CS[C@@H]21. The fourth-order valence-corrected chi connectivity index (χ4v) is 5.61. The summed E-state index contributed by atoms with van der Waals surface area (Å²) in [5, 5.41) is 2.86. The van der Waals surface area contributed by atoms with Crippen LogP contribution in [0.3, 0.4) is 0 Å². The summed E-state index contributed by atoms with van der Waals surface area (Å²) >= 11 is 1.62. The van der Waals surface area contributed by atoms with Crippen molar-refractivity contribution >= 4 is 23.6 Å². The predicted octanol–water partition coefficient (Wildman–Crippen LogP) is 1.11. The third kappa shape index (κ3) is 3.78. The Morgan fingerprint density at radius 2 is 2.07 bits per heavy atom. The molecule has 0 saturated carbocycles. The average Bonchev–Trinajstić information content (AvgIpc) is 3.31. The maximum atomic E-state index is 13.2. The molecule has 2 fully saturated rings. The maximum absolute atomic E-state index is 13.2. The van der Waals surface area contributed by atoms with Crippen molar-refractivity contribution in [1.29, 1.82) is 0 Å². The van der Waals surface area contributed by atoms with Crippen molar-refractivity contribution in [2.45, 2.75) is 17.8 Å². The number of carbonyl (C=O) groups excluding carboxylic acids is 2. The molecule has 3 aliphatic rings. The van der Waals surface area contributed by atoms with Crippen LogP contribution < -0.4 is 14.8 Å². The van der Waals surface area contributed by atoms with Crippen molar-refractivity contribution in [2.24, 2.45) is 0 Å². The maximum Gasteiger partial charge on any atom is 0.260 e. The van der Waals surface area contributed by atoms with E-state index in [1.54, 1.807) is 23.8 Å². The zero-order chi connectivity index (χ0) is 20.4. The molecule has 0 aromatic heterocycles. The average molecular weight is 422 g/mol. The van der Waals surface area contributed by atoms with Gasteiger partial charge in [0.2, 0.25) is 5.91 Å². The number of benzene rings is 1. The number of hydrogen-bond donors (Lipinski definition) is 1. The van der Waals surface area contributed by atoms with E-state index in [0.29, 0.717) is 29.4 Å². The molecule has 1 N–H and O–H groups in total. The van der Waals surface area contributed by atoms with E-state index < -0.39 is 6.04 Å². The molecule has 1 aromatic rings. The second-order valence-electron chi connectivity index (χ2n) is 7.28. The number of ether oxygens (including phenoxy) is 3. The Kier molecular flexibility index (Phi) is 6.17. The van der Waals surface area contributed by atoms with Gasteiger partial charge in [0.25, 0.3) is 5.91 Å². The summed E-state index contributed by atoms with van der Waals surface area (Å²) in [6.07, 6.45) is 0.883. The van der Waals surface area contributed by atoms with Gasteiger partial charge in [-0.3, -0.25) is 14.5 Å². The summed E-state index contributed by atoms with van der Waals surface area (Å²) in [4.78, 5) is 30.0. The molecule has 2 amide bonds. The molecule has 9 heteroatoms. The number of amides is 2. The van der Waals surface area contributed by atoms with Gasteiger partial charge < -0.3 is 24.4 Å². The lowest BCUT2D eigenvalue weighted by Crippen LogP contribution is -2.46. The number of methoxy groups -OCH3 is 2. The third-order valence-electron chi connectivity index (χ3n) is 5.65. The van der Waals surface area contributed by atoms with Gasteiger partial charge in [0, 0.05) is 31.0 Å². The van der Waals surface area contributed by atoms with Crippen LogP contribution in [0.5, 0.6) is 11.5 Å². The fourth-order valence-electron chi connectivity index (χ4n) is 4.15. The van der Waals surface area contributed by atoms with Crippen LogP contribution in [0, 0.1) is 0 Å². The Morgan fingerprint density at radius 3 is 2.79 bits per heavy atom. The molecule has 3 heterocycles. The van der Waals surface area contributed by atoms with Gasteiger partial charge >= 0.3 is 0 Å². The highest BCUT2D eigenvalue weighted by atomic mass is 32.2. The molecular weight excluding hydrogens is 394 g/mol. The van der Waals surface area contributed by atoms with Crippen LogP contribution in [0.4, 0.5) is 0 Å². The van der Waals surface area contributed by atoms with Gasteiger partial charge in [0.1, 0.15) is 11.4 Å². The Hall–Kier alpha value is -1.97. The number of rotatable bonds is 7. The van der Waals surface area contributed by atoms with Gasteiger partial charge in [-0.2, -0.15) is 0 Å². The molecule has 0 unspecified atom stereocenters. The van der Waals surface area contributed by atoms with E-state index in [1.165, 1.54) is 7.11 Å². The highest BCUT2D eigenvalue weighted by Gasteiger charge is 2.50. The highest BCUT2D eigenvalue weighted by molar-refractivity contribution is 7.99. The second-order valence-corrected chi connectivity index (χ2v) is 8.39. The molecule has 3 aliphatic heterocycles. The van der Waals surface area contributed by atoms with Crippen molar-refractivity contribution < 1.29 is 23.8 Å². The van der Waals surface area contributed by atoms with Crippen LogP contribution in [0.2, 0.25) is 0 Å². The quantitative estimate of drug-likeness (QED) is 0.661. The molecule has 8 nitrogen and oxygen atoms in total. The van der Waals surface area contributed by atoms with Crippen molar-refractivity contribution in [2.75, 3.05) is 59.4 Å². The van der Waals surface area contributed by atoms with Gasteiger partial charge in [0.15, 0.2) is 11.5 Å². The normalized spacial score (nSPS) is 23.7. The van der Waals surface area contributed by atoms with E-state index in [2.05, 4.69) is 10.2 Å². The van der Waals surface area contributed by atoms with Crippen molar-refractivity contribution in [3.63, 3.8) is 0 Å². The van der Waals surface area contributed by atoms with Gasteiger partial charge in [-0.05, 0) is 19.0 Å². The highest BCUT2D eigenvalue weighted by Crippen LogP contribution is 2.52. The first-order valence-electron chi connectivity index (χ1n) is 9.92. The van der Waals surface area contributed by atoms with Crippen LogP contribution in [-0.2, 0) is 9.53 Å². The fraction of sp³-hybridized carbons (Fsp3) is 0.600. The lowest BCUT2D eigenvalue weighted by atomic mass is 10.1. The molecule has 0 aliphatic carbocycles. The lowest BCUT2D eigenvalue weighted by molar-refractivity contribution is -0.124. The lowest BCUT2D eigenvalue weighted by Gasteiger charge is -2.26. The van der Waals surface area contributed by atoms with Crippen LogP contribution in [-0.4, -0.2) is 87.0 Å². The summed E-state index contributed by atoms with van der Waals surface area (Å²) in [5.41, 5.74) is 1.40. The Labute approximate surface area is 174 Å². The number of fused-ring (bicyclic) bond motifs is 3. The second kappa shape index (κ2) is 8.81. The Balaban J connectivity index is 1.38. The monoisotopic (exact) mass is 421 g/mol. The van der Waals surface area contributed by atoms with E-state index in [4.69, 9.17) is 14.2 Å². The number of morpholine rings is 1. The predicted molar refractivity (Wildman–Crippen MR) is 110 cm³/mol. The molecule has 0 radical (unpaired) electrons. The number of nitrogens with zero attached hydrogens (tertiary/aromatic N) is 2. The summed E-state index contributed by atoms with van der Waals surface area (Å²) in [6, 6.07) is 3.24. The summed E-state index contributed by atoms with van der Waals surface area (Å²) in [6.45, 7) is 4.99. The van der Waals surface area contributed by atoms with E-state index in [-0.39, 0.29) is 17.2 Å². The van der Waals surface area contributed by atoms with Crippen molar-refractivity contribution in [3.8, 4) is 11.5 Å². The van der Waals surface area contributed by atoms with Crippen LogP contribution in [0.15, 0.2) is 12.1 Å². The number of nitrogens with one attached hydrogen (secondary N) is 1. The van der Waals surface area contributed by atoms with Crippen LogP contribution in [0.1, 0.15) is 27.7 Å². The topological polar surface area (TPSA) is 80.3 Å². The van der Waals surface area contributed by atoms with Crippen molar-refractivity contribution in [3.05, 3.63) is 23.3 Å². The Bertz CT molecular complexity index is 784. The molecular formula is C20H27N3O5S. The van der Waals surface area contributed by atoms with E-state index in [9.17, 15) is 9.59 Å². The zero-order valence-electron chi connectivity index (χ0n) is 16.8. The minimum absolute atomic E-state index is 0.0888. The summed E-state index contributed by atoms with van der Waals surface area (Å²) in [5.74, 6) is 1.30. The molecule has 0 spiro atoms. The first-order valence-corrected chi connectivity index (χ1v) is 11.0. The van der Waals surface area contributed by atoms with Gasteiger partial charge in [-0.25, -0.2) is 0 Å². The van der Waals surface area contributed by atoms with Crippen molar-refractivity contribution in [1.82, 2.24) is 15.1 Å². The van der Waals surface area contributed by atoms with Gasteiger partial charge in [-0.15, -0.1) is 11.8 Å². The molecule has 4 rings (SSSR count). The number of carbonyl (C=O) groups is 2. The smallest absolute Gasteiger partial charge is 0.260 e. The molecule has 1 aromatic carbocycles. The minimum Gasteiger partial charge on any atom is -0.493 e. The molecule has 0 bridgehead atoms. The standard InChI is InChI=1S/C20H27N3O5S/c1-26-15-5-4-13-16(17(15)27-2)19(25)23-14(12-29-20(13)23)18(24)21-6-3-7-22-8-10-28-11-9-22/h4-5,14,20H,3,6-12H2,1-2H3,(H,21,24)/t14-,20+/m1/s1. The van der Waals surface area contributed by atoms with Crippen LogP contribution >= 0.6 is 11.8 Å². The molecule has 2 atom stereocenters. The summed E-state index contributed by atoms with van der Waals surface area (Å²) < 4.78 is 16.1. The van der Waals surface area contributed by atoms with Gasteiger partial charge in [0.05, 0.1) is 33.0 Å². The summed E-state index contributed by atoms with van der Waals surface area (Å²) in [7, 11) is 3.08. The van der Waals surface area contributed by atoms with E-state index in [0.717, 1.165) is 44.8 Å². The molecule has 2 saturated heterocycles. The van der Waals surface area contributed by atoms with E-state index >= 15 is 0 Å². The molecule has 29 heavy (non-hydrogen) atoms. The number of hydrogen-bond acceptors (Lipinski definition) is 7. The third-order valence-corrected chi connectivity index (χ3v) is 6.95. The van der Waals surface area contributed by atoms with Gasteiger partial charge in [-0.1, -0.05) is 6.07 Å². The molecule has 158 valence electrons. The minimum atomic E-state index is -0.469. The first-order chi connectivity index (χ1) is 14.2. The Morgan fingerprint density at radius 1 is 1.28 bits per heavy atom. The number of thioether (sulfide) groups is 1.